The molecular formula is C34H41N3O5. The zero-order valence-corrected chi connectivity index (χ0v) is 25.2. The second kappa shape index (κ2) is 14.4. The molecule has 0 aliphatic rings. The molecule has 0 saturated heterocycles. The molecule has 1 aromatic heterocycles. The highest BCUT2D eigenvalue weighted by Crippen LogP contribution is 2.26. The lowest BCUT2D eigenvalue weighted by Gasteiger charge is -2.29. The minimum atomic E-state index is -0.255. The molecule has 0 bridgehead atoms. The first kappa shape index (κ1) is 30.5. The summed E-state index contributed by atoms with van der Waals surface area (Å²) in [4.78, 5) is 34.5. The van der Waals surface area contributed by atoms with Crippen molar-refractivity contribution in [1.82, 2.24) is 14.8 Å². The molecular weight excluding hydrogens is 530 g/mol. The first-order valence-electron chi connectivity index (χ1n) is 14.4. The SMILES string of the molecule is CCOc1ccc(CN(CCc2c[nH]c3ccccc23)C(=O)CN(CC(C)C)C(=O)c2ccc(OC)cc2OC)cc1. The van der Waals surface area contributed by atoms with Crippen LogP contribution in [-0.2, 0) is 17.8 Å². The molecule has 1 N–H and O–H groups in total. The minimum absolute atomic E-state index is 0.0445. The largest absolute Gasteiger partial charge is 0.497 e. The molecule has 4 rings (SSSR count). The molecule has 3 aromatic carbocycles. The predicted octanol–water partition coefficient (Wildman–Crippen LogP) is 5.95. The zero-order valence-electron chi connectivity index (χ0n) is 25.2. The number of carbonyl (C=O) groups excluding carboxylic acids is 2. The molecule has 0 unspecified atom stereocenters. The van der Waals surface area contributed by atoms with Crippen LogP contribution in [-0.4, -0.2) is 67.1 Å². The van der Waals surface area contributed by atoms with Gasteiger partial charge in [-0.15, -0.1) is 0 Å². The van der Waals surface area contributed by atoms with Gasteiger partial charge in [0.05, 0.1) is 26.4 Å². The summed E-state index contributed by atoms with van der Waals surface area (Å²) in [5.74, 6) is 1.58. The molecule has 0 spiro atoms. The van der Waals surface area contributed by atoms with E-state index in [1.54, 1.807) is 30.2 Å². The van der Waals surface area contributed by atoms with Crippen molar-refractivity contribution in [3.8, 4) is 17.2 Å². The molecule has 8 nitrogen and oxygen atoms in total. The lowest BCUT2D eigenvalue weighted by Crippen LogP contribution is -2.44. The van der Waals surface area contributed by atoms with Gasteiger partial charge in [-0.1, -0.05) is 44.2 Å². The van der Waals surface area contributed by atoms with Crippen LogP contribution in [0.25, 0.3) is 10.9 Å². The Morgan fingerprint density at radius 2 is 1.64 bits per heavy atom. The number of methoxy groups -OCH3 is 2. The third kappa shape index (κ3) is 7.63. The number of amides is 2. The van der Waals surface area contributed by atoms with Gasteiger partial charge in [-0.25, -0.2) is 0 Å². The third-order valence-electron chi connectivity index (χ3n) is 7.12. The number of nitrogens with one attached hydrogen (secondary N) is 1. The van der Waals surface area contributed by atoms with E-state index in [9.17, 15) is 9.59 Å². The molecule has 4 aromatic rings. The van der Waals surface area contributed by atoms with Crippen LogP contribution in [0.15, 0.2) is 72.9 Å². The van der Waals surface area contributed by atoms with Crippen molar-refractivity contribution >= 4 is 22.7 Å². The van der Waals surface area contributed by atoms with Crippen molar-refractivity contribution < 1.29 is 23.8 Å². The molecule has 1 heterocycles. The van der Waals surface area contributed by atoms with Gasteiger partial charge in [0.1, 0.15) is 23.8 Å². The Morgan fingerprint density at radius 3 is 2.33 bits per heavy atom. The summed E-state index contributed by atoms with van der Waals surface area (Å²) >= 11 is 0. The van der Waals surface area contributed by atoms with Gasteiger partial charge in [0.15, 0.2) is 0 Å². The second-order valence-electron chi connectivity index (χ2n) is 10.6. The lowest BCUT2D eigenvalue weighted by atomic mass is 10.1. The van der Waals surface area contributed by atoms with E-state index in [0.717, 1.165) is 27.8 Å². The molecule has 0 fully saturated rings. The van der Waals surface area contributed by atoms with Crippen LogP contribution >= 0.6 is 0 Å². The van der Waals surface area contributed by atoms with Gasteiger partial charge >= 0.3 is 0 Å². The van der Waals surface area contributed by atoms with E-state index in [1.807, 2.05) is 74.3 Å². The molecule has 0 radical (unpaired) electrons. The average molecular weight is 572 g/mol. The Morgan fingerprint density at radius 1 is 0.905 bits per heavy atom. The molecule has 222 valence electrons. The van der Waals surface area contributed by atoms with Gasteiger partial charge in [-0.3, -0.25) is 9.59 Å². The fraction of sp³-hybridized carbons (Fsp3) is 0.353. The first-order valence-corrected chi connectivity index (χ1v) is 14.4. The number of aromatic nitrogens is 1. The number of hydrogen-bond donors (Lipinski definition) is 1. The van der Waals surface area contributed by atoms with Crippen molar-refractivity contribution in [2.45, 2.75) is 33.7 Å². The van der Waals surface area contributed by atoms with Crippen molar-refractivity contribution in [2.75, 3.05) is 40.5 Å². The Hall–Kier alpha value is -4.46. The van der Waals surface area contributed by atoms with Crippen molar-refractivity contribution in [1.29, 1.82) is 0 Å². The van der Waals surface area contributed by atoms with Gasteiger partial charge in [0.25, 0.3) is 5.91 Å². The van der Waals surface area contributed by atoms with Crippen LogP contribution in [0, 0.1) is 5.92 Å². The molecule has 42 heavy (non-hydrogen) atoms. The standard InChI is InChI=1S/C34H41N3O5/c1-6-42-27-13-11-25(12-14-27)22-36(18-17-26-20-35-31-10-8-7-9-29(26)31)33(38)23-37(21-24(2)3)34(39)30-16-15-28(40-4)19-32(30)41-5/h7-16,19-20,24,35H,6,17-18,21-23H2,1-5H3. The number of aromatic amines is 1. The van der Waals surface area contributed by atoms with Crippen LogP contribution in [0.2, 0.25) is 0 Å². The number of para-hydroxylation sites is 1. The summed E-state index contributed by atoms with van der Waals surface area (Å²) in [6.07, 6.45) is 2.69. The number of hydrogen-bond acceptors (Lipinski definition) is 5. The Balaban J connectivity index is 1.58. The third-order valence-corrected chi connectivity index (χ3v) is 7.12. The number of nitrogens with zero attached hydrogens (tertiary/aromatic N) is 2. The predicted molar refractivity (Wildman–Crippen MR) is 165 cm³/mol. The van der Waals surface area contributed by atoms with Crippen molar-refractivity contribution in [3.05, 3.63) is 89.6 Å². The van der Waals surface area contributed by atoms with Gasteiger partial charge < -0.3 is 29.0 Å². The van der Waals surface area contributed by atoms with Crippen LogP contribution < -0.4 is 14.2 Å². The smallest absolute Gasteiger partial charge is 0.258 e. The topological polar surface area (TPSA) is 84.1 Å². The maximum absolute atomic E-state index is 14.0. The molecule has 2 amide bonds. The van der Waals surface area contributed by atoms with Gasteiger partial charge in [0.2, 0.25) is 5.91 Å². The van der Waals surface area contributed by atoms with Gasteiger partial charge in [0, 0.05) is 42.8 Å². The van der Waals surface area contributed by atoms with E-state index in [2.05, 4.69) is 11.1 Å². The Bertz CT molecular complexity index is 1480. The molecule has 0 aliphatic carbocycles. The summed E-state index contributed by atoms with van der Waals surface area (Å²) in [5.41, 5.74) is 3.60. The summed E-state index contributed by atoms with van der Waals surface area (Å²) in [6, 6.07) is 21.1. The lowest BCUT2D eigenvalue weighted by molar-refractivity contribution is -0.132. The minimum Gasteiger partial charge on any atom is -0.497 e. The number of H-pyrrole nitrogens is 1. The van der Waals surface area contributed by atoms with E-state index in [-0.39, 0.29) is 24.3 Å². The average Bonchev–Trinajstić information content (AvgIpc) is 3.42. The Labute approximate surface area is 248 Å². The fourth-order valence-electron chi connectivity index (χ4n) is 5.03. The fourth-order valence-corrected chi connectivity index (χ4v) is 5.03. The van der Waals surface area contributed by atoms with Crippen LogP contribution in [0.4, 0.5) is 0 Å². The van der Waals surface area contributed by atoms with Crippen LogP contribution in [0.5, 0.6) is 17.2 Å². The van der Waals surface area contributed by atoms with Crippen molar-refractivity contribution in [3.63, 3.8) is 0 Å². The number of fused-ring (bicyclic) bond motifs is 1. The molecule has 0 saturated carbocycles. The summed E-state index contributed by atoms with van der Waals surface area (Å²) in [6.45, 7) is 7.91. The quantitative estimate of drug-likeness (QED) is 0.202. The molecule has 8 heteroatoms. The highest BCUT2D eigenvalue weighted by molar-refractivity contribution is 5.99. The second-order valence-corrected chi connectivity index (χ2v) is 10.6. The number of ether oxygens (including phenoxy) is 3. The normalized spacial score (nSPS) is 11.0. The van der Waals surface area contributed by atoms with Crippen molar-refractivity contribution in [2.24, 2.45) is 5.92 Å². The van der Waals surface area contributed by atoms with E-state index < -0.39 is 0 Å². The first-order chi connectivity index (χ1) is 20.3. The van der Waals surface area contributed by atoms with Gasteiger partial charge in [-0.05, 0) is 60.7 Å². The summed E-state index contributed by atoms with van der Waals surface area (Å²) < 4.78 is 16.4. The number of rotatable bonds is 14. The van der Waals surface area contributed by atoms with Crippen LogP contribution in [0.3, 0.4) is 0 Å². The van der Waals surface area contributed by atoms with Gasteiger partial charge in [-0.2, -0.15) is 0 Å². The Kier molecular flexibility index (Phi) is 10.5. The summed E-state index contributed by atoms with van der Waals surface area (Å²) in [7, 11) is 3.09. The number of carbonyl (C=O) groups is 2. The maximum Gasteiger partial charge on any atom is 0.258 e. The maximum atomic E-state index is 14.0. The van der Waals surface area contributed by atoms with Crippen LogP contribution in [0.1, 0.15) is 42.3 Å². The highest BCUT2D eigenvalue weighted by Gasteiger charge is 2.26. The van der Waals surface area contributed by atoms with E-state index in [1.165, 1.54) is 7.11 Å². The highest BCUT2D eigenvalue weighted by atomic mass is 16.5. The monoisotopic (exact) mass is 571 g/mol. The van der Waals surface area contributed by atoms with E-state index in [0.29, 0.717) is 49.7 Å². The molecule has 0 atom stereocenters. The summed E-state index contributed by atoms with van der Waals surface area (Å²) in [5, 5.41) is 1.15. The zero-order chi connectivity index (χ0) is 30.1. The number of benzene rings is 3. The van der Waals surface area contributed by atoms with E-state index >= 15 is 0 Å². The molecule has 0 aliphatic heterocycles. The van der Waals surface area contributed by atoms with E-state index in [4.69, 9.17) is 14.2 Å².